The molecule has 1 fully saturated rings. The van der Waals surface area contributed by atoms with Gasteiger partial charge in [0.25, 0.3) is 0 Å². The lowest BCUT2D eigenvalue weighted by Gasteiger charge is -2.41. The van der Waals surface area contributed by atoms with Crippen molar-refractivity contribution in [3.63, 3.8) is 0 Å². The number of hydrogen-bond acceptors (Lipinski definition) is 10. The molecule has 1 aliphatic rings. The molecule has 8 unspecified atom stereocenters. The monoisotopic (exact) mass is 954 g/mol. The molecule has 0 aromatic heterocycles. The average Bonchev–Trinajstić information content (AvgIpc) is 3.33. The smallest absolute Gasteiger partial charge is 0.306 e. The van der Waals surface area contributed by atoms with Crippen LogP contribution in [0.2, 0.25) is 0 Å². The Morgan fingerprint density at radius 2 is 1.13 bits per heavy atom. The van der Waals surface area contributed by atoms with Gasteiger partial charge in [-0.1, -0.05) is 214 Å². The molecule has 0 aliphatic carbocycles. The van der Waals surface area contributed by atoms with Crippen molar-refractivity contribution >= 4 is 11.9 Å². The molecule has 1 rings (SSSR count). The number of esters is 1. The van der Waals surface area contributed by atoms with E-state index < -0.39 is 67.4 Å². The molecule has 0 aromatic rings. The molecular weight excluding hydrogens is 859 g/mol. The summed E-state index contributed by atoms with van der Waals surface area (Å²) in [6.07, 6.45) is 47.5. The summed E-state index contributed by atoms with van der Waals surface area (Å²) in [5.41, 5.74) is 0. The number of aliphatic hydroxyl groups is 5. The number of unbranched alkanes of at least 4 members (excludes halogenated alkanes) is 18. The fourth-order valence-electron chi connectivity index (χ4n) is 7.66. The predicted molar refractivity (Wildman–Crippen MR) is 278 cm³/mol. The Morgan fingerprint density at radius 3 is 1.74 bits per heavy atom. The molecule has 388 valence electrons. The van der Waals surface area contributed by atoms with Crippen LogP contribution < -0.4 is 5.32 Å². The maximum atomic E-state index is 13.3. The van der Waals surface area contributed by atoms with Gasteiger partial charge in [-0.3, -0.25) is 9.59 Å². The van der Waals surface area contributed by atoms with Crippen molar-refractivity contribution < 1.29 is 49.3 Å². The zero-order chi connectivity index (χ0) is 49.7. The Hall–Kier alpha value is -3.42. The number of aliphatic hydroxyl groups excluding tert-OH is 5. The van der Waals surface area contributed by atoms with Crippen LogP contribution in [-0.4, -0.2) is 99.6 Å². The first-order valence-electron chi connectivity index (χ1n) is 26.6. The normalized spacial score (nSPS) is 20.7. The van der Waals surface area contributed by atoms with Crippen LogP contribution in [-0.2, 0) is 23.8 Å². The minimum Gasteiger partial charge on any atom is -0.454 e. The van der Waals surface area contributed by atoms with Crippen molar-refractivity contribution in [3.05, 3.63) is 97.2 Å². The second-order valence-electron chi connectivity index (χ2n) is 18.0. The summed E-state index contributed by atoms with van der Waals surface area (Å²) >= 11 is 0. The maximum Gasteiger partial charge on any atom is 0.306 e. The minimum absolute atomic E-state index is 0.0215. The molecule has 6 N–H and O–H groups in total. The van der Waals surface area contributed by atoms with Crippen molar-refractivity contribution in [3.8, 4) is 0 Å². The van der Waals surface area contributed by atoms with Gasteiger partial charge in [0.05, 0.1) is 25.4 Å². The second kappa shape index (κ2) is 44.8. The van der Waals surface area contributed by atoms with E-state index in [4.69, 9.17) is 14.2 Å². The van der Waals surface area contributed by atoms with E-state index >= 15 is 0 Å². The Bertz CT molecular complexity index is 1470. The van der Waals surface area contributed by atoms with E-state index in [0.717, 1.165) is 83.5 Å². The molecule has 1 aliphatic heterocycles. The van der Waals surface area contributed by atoms with Gasteiger partial charge >= 0.3 is 5.97 Å². The van der Waals surface area contributed by atoms with Gasteiger partial charge in [-0.05, 0) is 64.2 Å². The number of hydrogen-bond donors (Lipinski definition) is 6. The Morgan fingerprint density at radius 1 is 0.603 bits per heavy atom. The lowest BCUT2D eigenvalue weighted by atomic mass is 9.99. The van der Waals surface area contributed by atoms with Gasteiger partial charge in [-0.25, -0.2) is 0 Å². The Balaban J connectivity index is 2.84. The van der Waals surface area contributed by atoms with E-state index in [-0.39, 0.29) is 19.4 Å². The van der Waals surface area contributed by atoms with Gasteiger partial charge in [0, 0.05) is 6.42 Å². The van der Waals surface area contributed by atoms with Crippen molar-refractivity contribution in [1.82, 2.24) is 5.32 Å². The quantitative estimate of drug-likeness (QED) is 0.0150. The Kier molecular flexibility index (Phi) is 41.2. The van der Waals surface area contributed by atoms with Crippen molar-refractivity contribution in [2.45, 2.75) is 237 Å². The average molecular weight is 954 g/mol. The van der Waals surface area contributed by atoms with Crippen LogP contribution in [0.1, 0.15) is 188 Å². The molecule has 1 amide bonds. The molecule has 0 spiro atoms. The van der Waals surface area contributed by atoms with Gasteiger partial charge in [-0.2, -0.15) is 0 Å². The van der Waals surface area contributed by atoms with Gasteiger partial charge in [0.1, 0.15) is 24.4 Å². The highest BCUT2D eigenvalue weighted by atomic mass is 16.7. The molecular formula is C57H95NO10. The second-order valence-corrected chi connectivity index (χ2v) is 18.0. The molecule has 11 heteroatoms. The summed E-state index contributed by atoms with van der Waals surface area (Å²) in [4.78, 5) is 26.3. The van der Waals surface area contributed by atoms with Crippen LogP contribution in [0.15, 0.2) is 97.2 Å². The van der Waals surface area contributed by atoms with Crippen LogP contribution in [0.25, 0.3) is 0 Å². The van der Waals surface area contributed by atoms with Gasteiger partial charge in [0.2, 0.25) is 5.91 Å². The third kappa shape index (κ3) is 33.2. The fourth-order valence-corrected chi connectivity index (χ4v) is 7.66. The summed E-state index contributed by atoms with van der Waals surface area (Å²) in [7, 11) is 0. The highest BCUT2D eigenvalue weighted by Crippen LogP contribution is 2.26. The molecule has 1 heterocycles. The number of amides is 1. The van der Waals surface area contributed by atoms with Crippen molar-refractivity contribution in [2.24, 2.45) is 0 Å². The highest BCUT2D eigenvalue weighted by Gasteiger charge is 2.47. The summed E-state index contributed by atoms with van der Waals surface area (Å²) in [5.74, 6) is -1.29. The molecule has 11 nitrogen and oxygen atoms in total. The summed E-state index contributed by atoms with van der Waals surface area (Å²) < 4.78 is 17.4. The van der Waals surface area contributed by atoms with E-state index in [1.807, 2.05) is 60.8 Å². The van der Waals surface area contributed by atoms with E-state index in [0.29, 0.717) is 19.3 Å². The van der Waals surface area contributed by atoms with E-state index in [9.17, 15) is 35.1 Å². The number of rotatable bonds is 42. The molecule has 0 aromatic carbocycles. The third-order valence-electron chi connectivity index (χ3n) is 11.9. The zero-order valence-electron chi connectivity index (χ0n) is 42.4. The molecule has 0 bridgehead atoms. The molecule has 68 heavy (non-hydrogen) atoms. The van der Waals surface area contributed by atoms with Crippen LogP contribution in [0.3, 0.4) is 0 Å². The van der Waals surface area contributed by atoms with Crippen LogP contribution >= 0.6 is 0 Å². The Labute approximate surface area is 412 Å². The number of nitrogens with one attached hydrogen (secondary N) is 1. The molecule has 0 radical (unpaired) electrons. The summed E-state index contributed by atoms with van der Waals surface area (Å²) in [5, 5.41) is 56.6. The van der Waals surface area contributed by atoms with Gasteiger partial charge in [-0.15, -0.1) is 0 Å². The van der Waals surface area contributed by atoms with Crippen molar-refractivity contribution in [1.29, 1.82) is 0 Å². The number of ether oxygens (including phenoxy) is 3. The van der Waals surface area contributed by atoms with Crippen LogP contribution in [0.4, 0.5) is 0 Å². The fraction of sp³-hybridized carbons (Fsp3) is 0.684. The van der Waals surface area contributed by atoms with Crippen LogP contribution in [0, 0.1) is 0 Å². The van der Waals surface area contributed by atoms with Crippen molar-refractivity contribution in [2.75, 3.05) is 13.2 Å². The molecule has 8 atom stereocenters. The number of carbonyl (C=O) groups is 2. The van der Waals surface area contributed by atoms with Crippen LogP contribution in [0.5, 0.6) is 0 Å². The number of carbonyl (C=O) groups excluding carboxylic acids is 2. The lowest BCUT2D eigenvalue weighted by molar-refractivity contribution is -0.305. The maximum absolute atomic E-state index is 13.3. The predicted octanol–water partition coefficient (Wildman–Crippen LogP) is 11.2. The SMILES string of the molecule is CC/C=C/C=C/C=C\C=C/C=C/CCCC(=O)OC1C(OCC(NC(=O)C(O)CCCCCCCC/C=C/C/C=C/CC)C(O)/C=C/CCCCCCCCCCCCC)OC(CO)C(O)C1O. The topological polar surface area (TPSA) is 175 Å². The first-order valence-corrected chi connectivity index (χ1v) is 26.6. The van der Waals surface area contributed by atoms with E-state index in [1.165, 1.54) is 51.4 Å². The summed E-state index contributed by atoms with van der Waals surface area (Å²) in [6, 6.07) is -1.05. The molecule has 1 saturated heterocycles. The molecule has 0 saturated carbocycles. The van der Waals surface area contributed by atoms with E-state index in [1.54, 1.807) is 6.08 Å². The van der Waals surface area contributed by atoms with Gasteiger partial charge < -0.3 is 45.1 Å². The first kappa shape index (κ1) is 62.6. The third-order valence-corrected chi connectivity index (χ3v) is 11.9. The highest BCUT2D eigenvalue weighted by molar-refractivity contribution is 5.80. The first-order chi connectivity index (χ1) is 33.2. The zero-order valence-corrected chi connectivity index (χ0v) is 42.4. The minimum atomic E-state index is -1.65. The summed E-state index contributed by atoms with van der Waals surface area (Å²) in [6.45, 7) is 5.45. The number of allylic oxidation sites excluding steroid dienone is 15. The lowest BCUT2D eigenvalue weighted by Crippen LogP contribution is -2.61. The van der Waals surface area contributed by atoms with E-state index in [2.05, 4.69) is 56.5 Å². The largest absolute Gasteiger partial charge is 0.454 e. The van der Waals surface area contributed by atoms with Gasteiger partial charge in [0.15, 0.2) is 12.4 Å². The standard InChI is InChI=1S/C57H95NO10/c1-4-7-10-13-16-19-22-25-28-31-34-37-40-43-49(60)48(58-56(65)50(61)44-41-38-35-32-29-26-23-20-17-14-11-8-5-2)47-66-57-55(54(64)53(63)51(46-59)67-57)68-52(62)45-42-39-36-33-30-27-24-21-18-15-12-9-6-3/h8-9,11-12,15,17-18,20-21,24,27,30,33,36,40,43,48-51,53-55,57,59-61,63-64H,4-7,10,13-14,16,19,22-23,25-26,28-29,31-32,34-35,37-39,41-42,44-47H2,1-3H3,(H,58,65)/b11-8+,12-9+,18-15+,20-17+,24-21-,30-27-,36-33+,43-40+.